The van der Waals surface area contributed by atoms with Crippen LogP contribution in [0.4, 0.5) is 0 Å². The van der Waals surface area contributed by atoms with Gasteiger partial charge in [-0.1, -0.05) is 0 Å². The third-order valence-electron chi connectivity index (χ3n) is 3.27. The van der Waals surface area contributed by atoms with Crippen LogP contribution in [0.2, 0.25) is 0 Å². The van der Waals surface area contributed by atoms with Crippen LogP contribution in [0, 0.1) is 0 Å². The molecule has 1 saturated heterocycles. The van der Waals surface area contributed by atoms with Gasteiger partial charge >= 0.3 is 0 Å². The van der Waals surface area contributed by atoms with Crippen LogP contribution in [-0.2, 0) is 4.74 Å². The Bertz CT molecular complexity index is 163. The number of hydrogen-bond donors (Lipinski definition) is 1. The lowest BCUT2D eigenvalue weighted by atomic mass is 10.0. The number of ether oxygens (including phenoxy) is 1. The summed E-state index contributed by atoms with van der Waals surface area (Å²) in [6.45, 7) is 2.60. The summed E-state index contributed by atoms with van der Waals surface area (Å²) in [5, 5.41) is 0. The molecule has 0 aromatic carbocycles. The maximum atomic E-state index is 5.84. The summed E-state index contributed by atoms with van der Waals surface area (Å²) in [6.07, 6.45) is 5.67. The van der Waals surface area contributed by atoms with Crippen LogP contribution in [0.5, 0.6) is 0 Å². The molecule has 1 rings (SSSR count). The molecular weight excluding hydrogens is 208 g/mol. The first-order chi connectivity index (χ1) is 7.29. The average molecular weight is 232 g/mol. The number of hydrogen-bond acceptors (Lipinski definition) is 4. The van der Waals surface area contributed by atoms with Crippen LogP contribution in [0.15, 0.2) is 0 Å². The van der Waals surface area contributed by atoms with Gasteiger partial charge in [0, 0.05) is 31.8 Å². The SMILES string of the molecule is CSCCC(CN)N(C)C1CCOCC1. The highest BCUT2D eigenvalue weighted by Gasteiger charge is 2.23. The van der Waals surface area contributed by atoms with E-state index >= 15 is 0 Å². The first-order valence-electron chi connectivity index (χ1n) is 5.78. The van der Waals surface area contributed by atoms with Crippen molar-refractivity contribution in [1.29, 1.82) is 0 Å². The summed E-state index contributed by atoms with van der Waals surface area (Å²) in [5.74, 6) is 1.20. The van der Waals surface area contributed by atoms with Gasteiger partial charge in [-0.15, -0.1) is 0 Å². The van der Waals surface area contributed by atoms with E-state index in [4.69, 9.17) is 10.5 Å². The molecule has 1 aliphatic rings. The van der Waals surface area contributed by atoms with Crippen LogP contribution in [-0.4, -0.2) is 55.8 Å². The molecule has 1 unspecified atom stereocenters. The fourth-order valence-corrected chi connectivity index (χ4v) is 2.64. The Morgan fingerprint density at radius 3 is 2.67 bits per heavy atom. The van der Waals surface area contributed by atoms with Crippen molar-refractivity contribution in [3.05, 3.63) is 0 Å². The van der Waals surface area contributed by atoms with Crippen LogP contribution >= 0.6 is 11.8 Å². The van der Waals surface area contributed by atoms with Crippen LogP contribution in [0.25, 0.3) is 0 Å². The van der Waals surface area contributed by atoms with Gasteiger partial charge in [-0.05, 0) is 38.3 Å². The van der Waals surface area contributed by atoms with Crippen LogP contribution < -0.4 is 5.73 Å². The minimum atomic E-state index is 0.542. The minimum Gasteiger partial charge on any atom is -0.381 e. The van der Waals surface area contributed by atoms with Crippen molar-refractivity contribution in [3.8, 4) is 0 Å². The first kappa shape index (κ1) is 13.3. The van der Waals surface area contributed by atoms with E-state index in [0.717, 1.165) is 32.6 Å². The van der Waals surface area contributed by atoms with E-state index < -0.39 is 0 Å². The Labute approximate surface area is 97.7 Å². The quantitative estimate of drug-likeness (QED) is 0.746. The minimum absolute atomic E-state index is 0.542. The molecule has 1 atom stereocenters. The second-order valence-electron chi connectivity index (χ2n) is 4.18. The first-order valence-corrected chi connectivity index (χ1v) is 7.17. The van der Waals surface area contributed by atoms with Crippen molar-refractivity contribution in [2.45, 2.75) is 31.3 Å². The summed E-state index contributed by atoms with van der Waals surface area (Å²) in [6, 6.07) is 1.22. The standard InChI is InChI=1S/C11H24N2OS/c1-13(10-3-6-14-7-4-10)11(9-12)5-8-15-2/h10-11H,3-9,12H2,1-2H3. The van der Waals surface area contributed by atoms with Gasteiger partial charge in [0.25, 0.3) is 0 Å². The maximum Gasteiger partial charge on any atom is 0.0480 e. The summed E-state index contributed by atoms with van der Waals surface area (Å²) < 4.78 is 5.38. The monoisotopic (exact) mass is 232 g/mol. The second-order valence-corrected chi connectivity index (χ2v) is 5.17. The van der Waals surface area contributed by atoms with Crippen molar-refractivity contribution in [3.63, 3.8) is 0 Å². The number of rotatable bonds is 6. The third-order valence-corrected chi connectivity index (χ3v) is 3.91. The highest BCUT2D eigenvalue weighted by molar-refractivity contribution is 7.98. The zero-order valence-electron chi connectivity index (χ0n) is 9.95. The Balaban J connectivity index is 2.36. The fraction of sp³-hybridized carbons (Fsp3) is 1.00. The van der Waals surface area contributed by atoms with Gasteiger partial charge < -0.3 is 10.5 Å². The Morgan fingerprint density at radius 2 is 2.13 bits per heavy atom. The van der Waals surface area contributed by atoms with Gasteiger partial charge in [0.15, 0.2) is 0 Å². The van der Waals surface area contributed by atoms with E-state index in [2.05, 4.69) is 18.2 Å². The Hall–Kier alpha value is 0.230. The second kappa shape index (κ2) is 7.49. The number of likely N-dealkylation sites (N-methyl/N-ethyl adjacent to an activating group) is 1. The fourth-order valence-electron chi connectivity index (χ4n) is 2.13. The predicted molar refractivity (Wildman–Crippen MR) is 67.4 cm³/mol. The molecule has 0 saturated carbocycles. The molecule has 0 amide bonds. The van der Waals surface area contributed by atoms with Gasteiger partial charge in [0.1, 0.15) is 0 Å². The van der Waals surface area contributed by atoms with E-state index in [1.54, 1.807) is 0 Å². The summed E-state index contributed by atoms with van der Waals surface area (Å²) in [4.78, 5) is 2.47. The third kappa shape index (κ3) is 4.31. The number of thioether (sulfide) groups is 1. The van der Waals surface area contributed by atoms with Crippen molar-refractivity contribution >= 4 is 11.8 Å². The zero-order chi connectivity index (χ0) is 11.1. The van der Waals surface area contributed by atoms with E-state index in [-0.39, 0.29) is 0 Å². The lowest BCUT2D eigenvalue weighted by Gasteiger charge is -2.36. The highest BCUT2D eigenvalue weighted by atomic mass is 32.2. The molecule has 0 bridgehead atoms. The summed E-state index contributed by atoms with van der Waals surface area (Å²) in [7, 11) is 2.22. The van der Waals surface area contributed by atoms with Crippen LogP contribution in [0.1, 0.15) is 19.3 Å². The smallest absolute Gasteiger partial charge is 0.0480 e. The van der Waals surface area contributed by atoms with Crippen molar-refractivity contribution in [1.82, 2.24) is 4.90 Å². The van der Waals surface area contributed by atoms with E-state index in [0.29, 0.717) is 12.1 Å². The van der Waals surface area contributed by atoms with E-state index in [1.165, 1.54) is 12.2 Å². The molecule has 0 radical (unpaired) electrons. The molecule has 90 valence electrons. The molecule has 1 fully saturated rings. The molecule has 1 heterocycles. The number of nitrogens with two attached hydrogens (primary N) is 1. The molecule has 0 spiro atoms. The molecule has 2 N–H and O–H groups in total. The molecule has 0 aromatic rings. The van der Waals surface area contributed by atoms with Crippen molar-refractivity contribution in [2.24, 2.45) is 5.73 Å². The average Bonchev–Trinajstić information content (AvgIpc) is 2.31. The van der Waals surface area contributed by atoms with E-state index in [1.807, 2.05) is 11.8 Å². The topological polar surface area (TPSA) is 38.5 Å². The summed E-state index contributed by atoms with van der Waals surface area (Å²) in [5.41, 5.74) is 5.84. The van der Waals surface area contributed by atoms with Crippen molar-refractivity contribution < 1.29 is 4.74 Å². The zero-order valence-corrected chi connectivity index (χ0v) is 10.8. The predicted octanol–water partition coefficient (Wildman–Crippen LogP) is 1.18. The van der Waals surface area contributed by atoms with Gasteiger partial charge in [-0.3, -0.25) is 4.90 Å². The number of nitrogens with zero attached hydrogens (tertiary/aromatic N) is 1. The lowest BCUT2D eigenvalue weighted by molar-refractivity contribution is 0.0293. The maximum absolute atomic E-state index is 5.84. The largest absolute Gasteiger partial charge is 0.381 e. The molecule has 0 aromatic heterocycles. The van der Waals surface area contributed by atoms with Gasteiger partial charge in [-0.25, -0.2) is 0 Å². The molecular formula is C11H24N2OS. The Morgan fingerprint density at radius 1 is 1.47 bits per heavy atom. The van der Waals surface area contributed by atoms with Gasteiger partial charge in [0.05, 0.1) is 0 Å². The van der Waals surface area contributed by atoms with Crippen LogP contribution in [0.3, 0.4) is 0 Å². The Kier molecular flexibility index (Phi) is 6.64. The highest BCUT2D eigenvalue weighted by Crippen LogP contribution is 2.17. The molecule has 0 aliphatic carbocycles. The summed E-state index contributed by atoms with van der Waals surface area (Å²) >= 11 is 1.90. The molecule has 4 heteroatoms. The van der Waals surface area contributed by atoms with Gasteiger partial charge in [-0.2, -0.15) is 11.8 Å². The lowest BCUT2D eigenvalue weighted by Crippen LogP contribution is -2.46. The van der Waals surface area contributed by atoms with Crippen molar-refractivity contribution in [2.75, 3.05) is 38.8 Å². The van der Waals surface area contributed by atoms with Gasteiger partial charge in [0.2, 0.25) is 0 Å². The normalized spacial score (nSPS) is 20.8. The molecule has 3 nitrogen and oxygen atoms in total. The van der Waals surface area contributed by atoms with E-state index in [9.17, 15) is 0 Å². The molecule has 15 heavy (non-hydrogen) atoms. The molecule has 1 aliphatic heterocycles.